The highest BCUT2D eigenvalue weighted by Crippen LogP contribution is 1.98. The van der Waals surface area contributed by atoms with Crippen LogP contribution in [0.1, 0.15) is 27.7 Å². The Morgan fingerprint density at radius 3 is 2.09 bits per heavy atom. The molecule has 0 spiro atoms. The summed E-state index contributed by atoms with van der Waals surface area (Å²) in [6, 6.07) is 0.668. The average molecular weight is 157 g/mol. The number of hydrogen-bond donors (Lipinski definition) is 2. The normalized spacial score (nSPS) is 10.5. The standard InChI is InChI=1S/C8H19N3/c1-6(2)10-8(5)11(9)7(3)4/h6-7,10H,5,9H2,1-4H3. The van der Waals surface area contributed by atoms with E-state index < -0.39 is 0 Å². The van der Waals surface area contributed by atoms with Gasteiger partial charge in [0, 0.05) is 12.1 Å². The monoisotopic (exact) mass is 157 g/mol. The molecule has 0 rings (SSSR count). The summed E-state index contributed by atoms with van der Waals surface area (Å²) in [5.74, 6) is 6.45. The maximum atomic E-state index is 5.68. The molecule has 0 saturated carbocycles. The van der Waals surface area contributed by atoms with Crippen molar-refractivity contribution in [3.05, 3.63) is 12.4 Å². The van der Waals surface area contributed by atoms with Crippen LogP contribution in [0.25, 0.3) is 0 Å². The van der Waals surface area contributed by atoms with Crippen LogP contribution >= 0.6 is 0 Å². The van der Waals surface area contributed by atoms with E-state index in [1.807, 2.05) is 13.8 Å². The van der Waals surface area contributed by atoms with E-state index in [2.05, 4.69) is 25.7 Å². The summed E-state index contributed by atoms with van der Waals surface area (Å²) in [6.45, 7) is 12.0. The van der Waals surface area contributed by atoms with Gasteiger partial charge in [0.1, 0.15) is 5.82 Å². The molecule has 0 radical (unpaired) electrons. The minimum absolute atomic E-state index is 0.286. The van der Waals surface area contributed by atoms with Gasteiger partial charge in [-0.25, -0.2) is 5.84 Å². The SMILES string of the molecule is C=C(NC(C)C)N(N)C(C)C. The van der Waals surface area contributed by atoms with E-state index in [4.69, 9.17) is 5.84 Å². The Balaban J connectivity index is 3.83. The Labute approximate surface area is 69.2 Å². The molecule has 0 saturated heterocycles. The highest BCUT2D eigenvalue weighted by molar-refractivity contribution is 4.90. The lowest BCUT2D eigenvalue weighted by atomic mass is 10.3. The van der Waals surface area contributed by atoms with Crippen molar-refractivity contribution in [2.45, 2.75) is 39.8 Å². The van der Waals surface area contributed by atoms with Gasteiger partial charge in [0.2, 0.25) is 0 Å². The van der Waals surface area contributed by atoms with Crippen LogP contribution in [0.3, 0.4) is 0 Å². The lowest BCUT2D eigenvalue weighted by Crippen LogP contribution is -2.43. The molecule has 0 heterocycles. The Morgan fingerprint density at radius 2 is 1.82 bits per heavy atom. The molecule has 0 aliphatic heterocycles. The second-order valence-corrected chi connectivity index (χ2v) is 3.25. The van der Waals surface area contributed by atoms with Gasteiger partial charge in [0.05, 0.1) is 0 Å². The quantitative estimate of drug-likeness (QED) is 0.473. The second-order valence-electron chi connectivity index (χ2n) is 3.25. The number of rotatable bonds is 4. The fraction of sp³-hybridized carbons (Fsp3) is 0.750. The molecule has 3 nitrogen and oxygen atoms in total. The fourth-order valence-corrected chi connectivity index (χ4v) is 0.719. The molecule has 0 bridgehead atoms. The fourth-order valence-electron chi connectivity index (χ4n) is 0.719. The highest BCUT2D eigenvalue weighted by Gasteiger charge is 2.06. The van der Waals surface area contributed by atoms with Crippen LogP contribution in [-0.2, 0) is 0 Å². The molecule has 0 aromatic carbocycles. The molecule has 0 fully saturated rings. The molecule has 0 aliphatic carbocycles. The third-order valence-electron chi connectivity index (χ3n) is 1.32. The first kappa shape index (κ1) is 10.3. The van der Waals surface area contributed by atoms with Crippen molar-refractivity contribution in [2.75, 3.05) is 0 Å². The summed E-state index contributed by atoms with van der Waals surface area (Å²) < 4.78 is 0. The molecule has 0 aliphatic rings. The summed E-state index contributed by atoms with van der Waals surface area (Å²) in [7, 11) is 0. The molecule has 0 atom stereocenters. The van der Waals surface area contributed by atoms with E-state index in [0.29, 0.717) is 6.04 Å². The first-order valence-electron chi connectivity index (χ1n) is 3.94. The highest BCUT2D eigenvalue weighted by atomic mass is 15.5. The van der Waals surface area contributed by atoms with E-state index >= 15 is 0 Å². The Morgan fingerprint density at radius 1 is 1.36 bits per heavy atom. The summed E-state index contributed by atoms with van der Waals surface area (Å²) in [5, 5.41) is 4.76. The summed E-state index contributed by atoms with van der Waals surface area (Å²) in [5.41, 5.74) is 0. The van der Waals surface area contributed by atoms with Gasteiger partial charge in [-0.1, -0.05) is 6.58 Å². The van der Waals surface area contributed by atoms with Crippen molar-refractivity contribution in [3.8, 4) is 0 Å². The number of hydrogen-bond acceptors (Lipinski definition) is 3. The zero-order chi connectivity index (χ0) is 9.02. The van der Waals surface area contributed by atoms with Crippen LogP contribution in [-0.4, -0.2) is 17.1 Å². The predicted molar refractivity (Wildman–Crippen MR) is 48.6 cm³/mol. The molecular formula is C8H19N3. The Kier molecular flexibility index (Phi) is 3.97. The van der Waals surface area contributed by atoms with Crippen molar-refractivity contribution in [2.24, 2.45) is 5.84 Å². The first-order valence-corrected chi connectivity index (χ1v) is 3.94. The number of nitrogens with one attached hydrogen (secondary N) is 1. The van der Waals surface area contributed by atoms with Gasteiger partial charge in [-0.2, -0.15) is 0 Å². The minimum atomic E-state index is 0.286. The zero-order valence-electron chi connectivity index (χ0n) is 7.89. The van der Waals surface area contributed by atoms with Gasteiger partial charge in [0.15, 0.2) is 0 Å². The van der Waals surface area contributed by atoms with E-state index in [1.54, 1.807) is 5.01 Å². The lowest BCUT2D eigenvalue weighted by Gasteiger charge is -2.27. The number of nitrogens with two attached hydrogens (primary N) is 1. The molecule has 11 heavy (non-hydrogen) atoms. The maximum absolute atomic E-state index is 5.68. The lowest BCUT2D eigenvalue weighted by molar-refractivity contribution is 0.268. The van der Waals surface area contributed by atoms with Crippen molar-refractivity contribution in [1.82, 2.24) is 10.3 Å². The van der Waals surface area contributed by atoms with Crippen molar-refractivity contribution < 1.29 is 0 Å². The third-order valence-corrected chi connectivity index (χ3v) is 1.32. The van der Waals surface area contributed by atoms with E-state index in [0.717, 1.165) is 5.82 Å². The molecule has 66 valence electrons. The molecule has 3 heteroatoms. The van der Waals surface area contributed by atoms with E-state index in [-0.39, 0.29) is 6.04 Å². The Bertz CT molecular complexity index is 129. The first-order chi connectivity index (χ1) is 4.95. The predicted octanol–water partition coefficient (Wildman–Crippen LogP) is 1.04. The molecule has 0 aromatic heterocycles. The second kappa shape index (κ2) is 4.23. The van der Waals surface area contributed by atoms with Gasteiger partial charge >= 0.3 is 0 Å². The van der Waals surface area contributed by atoms with Crippen LogP contribution in [0, 0.1) is 0 Å². The molecular weight excluding hydrogens is 138 g/mol. The third kappa shape index (κ3) is 3.88. The average Bonchev–Trinajstić information content (AvgIpc) is 1.84. The van der Waals surface area contributed by atoms with Crippen LogP contribution in [0.4, 0.5) is 0 Å². The largest absolute Gasteiger partial charge is 0.369 e. The van der Waals surface area contributed by atoms with Crippen molar-refractivity contribution in [3.63, 3.8) is 0 Å². The summed E-state index contributed by atoms with van der Waals surface area (Å²) >= 11 is 0. The van der Waals surface area contributed by atoms with Crippen LogP contribution in [0.15, 0.2) is 12.4 Å². The van der Waals surface area contributed by atoms with Crippen LogP contribution in [0.5, 0.6) is 0 Å². The number of hydrazine groups is 1. The molecule has 0 aromatic rings. The van der Waals surface area contributed by atoms with E-state index in [1.165, 1.54) is 0 Å². The van der Waals surface area contributed by atoms with Crippen molar-refractivity contribution >= 4 is 0 Å². The minimum Gasteiger partial charge on any atom is -0.369 e. The maximum Gasteiger partial charge on any atom is 0.109 e. The summed E-state index contributed by atoms with van der Waals surface area (Å²) in [4.78, 5) is 0. The van der Waals surface area contributed by atoms with Crippen LogP contribution < -0.4 is 11.2 Å². The Hall–Kier alpha value is -0.700. The smallest absolute Gasteiger partial charge is 0.109 e. The van der Waals surface area contributed by atoms with Gasteiger partial charge in [-0.05, 0) is 27.7 Å². The van der Waals surface area contributed by atoms with E-state index in [9.17, 15) is 0 Å². The zero-order valence-corrected chi connectivity index (χ0v) is 7.89. The summed E-state index contributed by atoms with van der Waals surface area (Å²) in [6.07, 6.45) is 0. The topological polar surface area (TPSA) is 41.3 Å². The van der Waals surface area contributed by atoms with Gasteiger partial charge in [0.25, 0.3) is 0 Å². The molecule has 3 N–H and O–H groups in total. The van der Waals surface area contributed by atoms with Gasteiger partial charge in [-0.3, -0.25) is 5.01 Å². The van der Waals surface area contributed by atoms with Gasteiger partial charge in [-0.15, -0.1) is 0 Å². The molecule has 0 amide bonds. The molecule has 0 unspecified atom stereocenters. The van der Waals surface area contributed by atoms with Crippen LogP contribution in [0.2, 0.25) is 0 Å². The number of nitrogens with zero attached hydrogens (tertiary/aromatic N) is 1. The van der Waals surface area contributed by atoms with Crippen molar-refractivity contribution in [1.29, 1.82) is 0 Å². The van der Waals surface area contributed by atoms with Gasteiger partial charge < -0.3 is 5.32 Å².